The van der Waals surface area contributed by atoms with Gasteiger partial charge in [-0.25, -0.2) is 4.79 Å². The highest BCUT2D eigenvalue weighted by Crippen LogP contribution is 2.24. The Labute approximate surface area is 124 Å². The van der Waals surface area contributed by atoms with E-state index in [0.29, 0.717) is 17.5 Å². The van der Waals surface area contributed by atoms with E-state index < -0.39 is 5.97 Å². The summed E-state index contributed by atoms with van der Waals surface area (Å²) in [4.78, 5) is 24.3. The number of carbonyl (C=O) groups is 2. The van der Waals surface area contributed by atoms with E-state index in [1.807, 2.05) is 37.3 Å². The summed E-state index contributed by atoms with van der Waals surface area (Å²) in [5.41, 5.74) is 1.92. The second-order valence-corrected chi connectivity index (χ2v) is 4.81. The van der Waals surface area contributed by atoms with Gasteiger partial charge in [-0.15, -0.1) is 0 Å². The van der Waals surface area contributed by atoms with Crippen molar-refractivity contribution in [3.05, 3.63) is 71.3 Å². The molecule has 0 saturated heterocycles. The highest BCUT2D eigenvalue weighted by molar-refractivity contribution is 6.02. The van der Waals surface area contributed by atoms with Crippen LogP contribution in [0.1, 0.15) is 45.5 Å². The largest absolute Gasteiger partial charge is 0.465 e. The Hall–Kier alpha value is -2.42. The molecular weight excluding hydrogens is 264 g/mol. The molecule has 0 aliphatic carbocycles. The minimum Gasteiger partial charge on any atom is -0.465 e. The van der Waals surface area contributed by atoms with Crippen LogP contribution >= 0.6 is 0 Å². The fourth-order valence-corrected chi connectivity index (χ4v) is 2.38. The summed E-state index contributed by atoms with van der Waals surface area (Å²) in [5, 5.41) is 0. The van der Waals surface area contributed by atoms with Crippen molar-refractivity contribution >= 4 is 11.8 Å². The summed E-state index contributed by atoms with van der Waals surface area (Å²) < 4.78 is 4.69. The minimum absolute atomic E-state index is 0.0226. The zero-order valence-electron chi connectivity index (χ0n) is 12.2. The van der Waals surface area contributed by atoms with Crippen molar-refractivity contribution in [2.45, 2.75) is 19.3 Å². The molecule has 108 valence electrons. The SMILES string of the molecule is CCC(C(=O)c1cccc(C(=O)OC)c1)c1ccccc1. The highest BCUT2D eigenvalue weighted by atomic mass is 16.5. The highest BCUT2D eigenvalue weighted by Gasteiger charge is 2.21. The predicted octanol–water partition coefficient (Wildman–Crippen LogP) is 3.85. The van der Waals surface area contributed by atoms with Gasteiger partial charge >= 0.3 is 5.97 Å². The van der Waals surface area contributed by atoms with Gasteiger partial charge < -0.3 is 4.74 Å². The zero-order valence-corrected chi connectivity index (χ0v) is 12.2. The molecule has 3 heteroatoms. The third-order valence-electron chi connectivity index (χ3n) is 3.49. The van der Waals surface area contributed by atoms with Gasteiger partial charge in [0.05, 0.1) is 12.7 Å². The van der Waals surface area contributed by atoms with Crippen LogP contribution in [0.15, 0.2) is 54.6 Å². The number of hydrogen-bond donors (Lipinski definition) is 0. The van der Waals surface area contributed by atoms with Crippen LogP contribution in [0.3, 0.4) is 0 Å². The van der Waals surface area contributed by atoms with Gasteiger partial charge in [0.1, 0.15) is 0 Å². The van der Waals surface area contributed by atoms with Gasteiger partial charge in [0.25, 0.3) is 0 Å². The molecule has 1 atom stereocenters. The van der Waals surface area contributed by atoms with Crippen molar-refractivity contribution in [3.8, 4) is 0 Å². The smallest absolute Gasteiger partial charge is 0.337 e. The van der Waals surface area contributed by atoms with Crippen LogP contribution in [-0.4, -0.2) is 18.9 Å². The summed E-state index contributed by atoms with van der Waals surface area (Å²) in [7, 11) is 1.33. The Morgan fingerprint density at radius 3 is 2.29 bits per heavy atom. The normalized spacial score (nSPS) is 11.7. The number of esters is 1. The van der Waals surface area contributed by atoms with E-state index in [9.17, 15) is 9.59 Å². The molecule has 3 nitrogen and oxygen atoms in total. The van der Waals surface area contributed by atoms with E-state index in [-0.39, 0.29) is 11.7 Å². The summed E-state index contributed by atoms with van der Waals surface area (Å²) in [6, 6.07) is 16.4. The molecule has 0 heterocycles. The molecule has 0 aliphatic heterocycles. The predicted molar refractivity (Wildman–Crippen MR) is 81.6 cm³/mol. The molecule has 0 aromatic heterocycles. The van der Waals surface area contributed by atoms with Crippen molar-refractivity contribution in [2.75, 3.05) is 7.11 Å². The number of rotatable bonds is 5. The molecule has 0 fully saturated rings. The Morgan fingerprint density at radius 2 is 1.67 bits per heavy atom. The maximum absolute atomic E-state index is 12.7. The molecule has 0 radical (unpaired) electrons. The van der Waals surface area contributed by atoms with Crippen molar-refractivity contribution in [2.24, 2.45) is 0 Å². The van der Waals surface area contributed by atoms with Gasteiger partial charge in [-0.05, 0) is 24.1 Å². The second kappa shape index (κ2) is 6.84. The van der Waals surface area contributed by atoms with Gasteiger partial charge in [0.15, 0.2) is 5.78 Å². The number of methoxy groups -OCH3 is 1. The molecule has 2 aromatic carbocycles. The molecule has 0 saturated carbocycles. The molecule has 0 bridgehead atoms. The van der Waals surface area contributed by atoms with Crippen LogP contribution in [0.5, 0.6) is 0 Å². The van der Waals surface area contributed by atoms with Crippen LogP contribution in [0.25, 0.3) is 0 Å². The number of ketones is 1. The van der Waals surface area contributed by atoms with Gasteiger partial charge in [-0.1, -0.05) is 49.4 Å². The third-order valence-corrected chi connectivity index (χ3v) is 3.49. The maximum atomic E-state index is 12.7. The van der Waals surface area contributed by atoms with E-state index in [0.717, 1.165) is 5.56 Å². The lowest BCUT2D eigenvalue weighted by molar-refractivity contribution is 0.0600. The molecule has 0 N–H and O–H groups in total. The van der Waals surface area contributed by atoms with Crippen molar-refractivity contribution in [1.29, 1.82) is 0 Å². The van der Waals surface area contributed by atoms with E-state index in [1.165, 1.54) is 7.11 Å². The zero-order chi connectivity index (χ0) is 15.2. The fourth-order valence-electron chi connectivity index (χ4n) is 2.38. The Morgan fingerprint density at radius 1 is 1.00 bits per heavy atom. The van der Waals surface area contributed by atoms with Crippen LogP contribution in [0.2, 0.25) is 0 Å². The molecule has 2 aromatic rings. The summed E-state index contributed by atoms with van der Waals surface area (Å²) in [5.74, 6) is -0.606. The first kappa shape index (κ1) is 15.0. The van der Waals surface area contributed by atoms with Crippen molar-refractivity contribution in [3.63, 3.8) is 0 Å². The maximum Gasteiger partial charge on any atom is 0.337 e. The second-order valence-electron chi connectivity index (χ2n) is 4.81. The fraction of sp³-hybridized carbons (Fsp3) is 0.222. The van der Waals surface area contributed by atoms with Crippen molar-refractivity contribution in [1.82, 2.24) is 0 Å². The average Bonchev–Trinajstić information content (AvgIpc) is 2.55. The summed E-state index contributed by atoms with van der Waals surface area (Å²) in [6.07, 6.45) is 0.714. The van der Waals surface area contributed by atoms with E-state index >= 15 is 0 Å². The number of hydrogen-bond acceptors (Lipinski definition) is 3. The number of ether oxygens (including phenoxy) is 1. The molecular formula is C18H18O3. The van der Waals surface area contributed by atoms with Crippen LogP contribution in [0, 0.1) is 0 Å². The lowest BCUT2D eigenvalue weighted by Gasteiger charge is -2.14. The number of carbonyl (C=O) groups excluding carboxylic acids is 2. The topological polar surface area (TPSA) is 43.4 Å². The van der Waals surface area contributed by atoms with E-state index in [1.54, 1.807) is 24.3 Å². The van der Waals surface area contributed by atoms with Crippen molar-refractivity contribution < 1.29 is 14.3 Å². The lowest BCUT2D eigenvalue weighted by atomic mass is 9.88. The van der Waals surface area contributed by atoms with E-state index in [2.05, 4.69) is 0 Å². The van der Waals surface area contributed by atoms with E-state index in [4.69, 9.17) is 4.74 Å². The molecule has 2 rings (SSSR count). The molecule has 21 heavy (non-hydrogen) atoms. The first-order valence-electron chi connectivity index (χ1n) is 6.95. The third kappa shape index (κ3) is 3.37. The van der Waals surface area contributed by atoms with Crippen LogP contribution in [-0.2, 0) is 4.74 Å². The first-order chi connectivity index (χ1) is 10.2. The molecule has 1 unspecified atom stereocenters. The standard InChI is InChI=1S/C18H18O3/c1-3-16(13-8-5-4-6-9-13)17(19)14-10-7-11-15(12-14)18(20)21-2/h4-12,16H,3H2,1-2H3. The summed E-state index contributed by atoms with van der Waals surface area (Å²) in [6.45, 7) is 1.99. The Kier molecular flexibility index (Phi) is 4.88. The van der Waals surface area contributed by atoms with Gasteiger partial charge in [0.2, 0.25) is 0 Å². The monoisotopic (exact) mass is 282 g/mol. The quantitative estimate of drug-likeness (QED) is 0.618. The average molecular weight is 282 g/mol. The Bertz CT molecular complexity index is 632. The van der Waals surface area contributed by atoms with Crippen LogP contribution in [0.4, 0.5) is 0 Å². The minimum atomic E-state index is -0.433. The molecule has 0 amide bonds. The van der Waals surface area contributed by atoms with Gasteiger partial charge in [-0.2, -0.15) is 0 Å². The Balaban J connectivity index is 2.32. The molecule has 0 spiro atoms. The van der Waals surface area contributed by atoms with Gasteiger partial charge in [-0.3, -0.25) is 4.79 Å². The van der Waals surface area contributed by atoms with Gasteiger partial charge in [0, 0.05) is 11.5 Å². The first-order valence-corrected chi connectivity index (χ1v) is 6.95. The number of benzene rings is 2. The van der Waals surface area contributed by atoms with Crippen LogP contribution < -0.4 is 0 Å². The lowest BCUT2D eigenvalue weighted by Crippen LogP contribution is -2.13. The summed E-state index contributed by atoms with van der Waals surface area (Å²) >= 11 is 0. The number of Topliss-reactive ketones (excluding diaryl/α,β-unsaturated/α-hetero) is 1. The molecule has 0 aliphatic rings.